The molecule has 3 heterocycles. The second kappa shape index (κ2) is 9.87. The molecule has 10 heteroatoms. The maximum absolute atomic E-state index is 9.68. The predicted octanol–water partition coefficient (Wildman–Crippen LogP) is 4.03. The van der Waals surface area contributed by atoms with Gasteiger partial charge in [0.25, 0.3) is 0 Å². The molecular formula is C19H21Cl2N5O3. The largest absolute Gasteiger partial charge is 0.481 e. The summed E-state index contributed by atoms with van der Waals surface area (Å²) >= 11 is 12.5. The summed E-state index contributed by atoms with van der Waals surface area (Å²) in [4.78, 5) is 16.7. The van der Waals surface area contributed by atoms with Crippen LogP contribution < -0.4 is 4.90 Å². The van der Waals surface area contributed by atoms with Crippen LogP contribution in [-0.2, 0) is 9.53 Å². The number of aliphatic carboxylic acids is 1. The molecule has 0 amide bonds. The van der Waals surface area contributed by atoms with Crippen molar-refractivity contribution in [3.63, 3.8) is 0 Å². The third kappa shape index (κ3) is 5.14. The number of anilines is 1. The van der Waals surface area contributed by atoms with E-state index in [1.165, 1.54) is 20.0 Å². The van der Waals surface area contributed by atoms with E-state index in [0.29, 0.717) is 22.2 Å². The van der Waals surface area contributed by atoms with E-state index >= 15 is 0 Å². The molecule has 0 spiro atoms. The standard InChI is InChI=1S/C15H13Cl2N5.C4H8O3/c16-11-4-3-9-10(12-8-18-21-20-12)7-13(19-15(9)14(11)17)22-5-1-2-6-22;1-7-3-2-4(5)6/h3-4,7-8H,1-2,5-6H2,(H,18,20,21);2-3H2,1H3,(H,5,6). The van der Waals surface area contributed by atoms with Crippen LogP contribution in [0.4, 0.5) is 5.82 Å². The van der Waals surface area contributed by atoms with Crippen LogP contribution in [0.2, 0.25) is 10.0 Å². The summed E-state index contributed by atoms with van der Waals surface area (Å²) in [5.74, 6) is 0.0917. The lowest BCUT2D eigenvalue weighted by Gasteiger charge is -2.18. The van der Waals surface area contributed by atoms with Gasteiger partial charge in [-0.2, -0.15) is 15.4 Å². The van der Waals surface area contributed by atoms with Crippen molar-refractivity contribution in [1.29, 1.82) is 0 Å². The van der Waals surface area contributed by atoms with Gasteiger partial charge in [-0.25, -0.2) is 4.98 Å². The molecule has 154 valence electrons. The van der Waals surface area contributed by atoms with Gasteiger partial charge in [0, 0.05) is 31.1 Å². The number of nitrogens with one attached hydrogen (secondary N) is 1. The lowest BCUT2D eigenvalue weighted by molar-refractivity contribution is -0.137. The van der Waals surface area contributed by atoms with Gasteiger partial charge in [-0.05, 0) is 25.0 Å². The number of methoxy groups -OCH3 is 1. The third-order valence-corrected chi connectivity index (χ3v) is 5.29. The topological polar surface area (TPSA) is 104 Å². The number of hydrogen-bond acceptors (Lipinski definition) is 6. The average Bonchev–Trinajstić information content (AvgIpc) is 3.43. The lowest BCUT2D eigenvalue weighted by atomic mass is 10.1. The van der Waals surface area contributed by atoms with Gasteiger partial charge in [-0.1, -0.05) is 29.3 Å². The number of halogens is 2. The third-order valence-electron chi connectivity index (χ3n) is 4.50. The van der Waals surface area contributed by atoms with Crippen molar-refractivity contribution in [3.05, 3.63) is 34.4 Å². The zero-order chi connectivity index (χ0) is 20.8. The van der Waals surface area contributed by atoms with Crippen LogP contribution in [0.5, 0.6) is 0 Å². The number of hydrogen-bond donors (Lipinski definition) is 2. The number of benzene rings is 1. The summed E-state index contributed by atoms with van der Waals surface area (Å²) in [5, 5.41) is 20.6. The van der Waals surface area contributed by atoms with Gasteiger partial charge < -0.3 is 14.7 Å². The average molecular weight is 438 g/mol. The molecule has 0 saturated carbocycles. The predicted molar refractivity (Wildman–Crippen MR) is 113 cm³/mol. The van der Waals surface area contributed by atoms with E-state index in [-0.39, 0.29) is 6.42 Å². The summed E-state index contributed by atoms with van der Waals surface area (Å²) in [7, 11) is 1.48. The number of rotatable bonds is 5. The van der Waals surface area contributed by atoms with Crippen LogP contribution in [-0.4, -0.2) is 58.3 Å². The Hall–Kier alpha value is -2.42. The van der Waals surface area contributed by atoms with Crippen LogP contribution in [0.3, 0.4) is 0 Å². The fourth-order valence-corrected chi connectivity index (χ4v) is 3.42. The minimum atomic E-state index is -0.818. The van der Waals surface area contributed by atoms with E-state index in [2.05, 4.69) is 31.1 Å². The highest BCUT2D eigenvalue weighted by Gasteiger charge is 2.19. The first-order valence-corrected chi connectivity index (χ1v) is 9.87. The smallest absolute Gasteiger partial charge is 0.305 e. The minimum Gasteiger partial charge on any atom is -0.481 e. The Balaban J connectivity index is 0.000000298. The summed E-state index contributed by atoms with van der Waals surface area (Å²) in [6, 6.07) is 5.76. The van der Waals surface area contributed by atoms with Crippen molar-refractivity contribution in [2.75, 3.05) is 31.7 Å². The molecule has 2 N–H and O–H groups in total. The van der Waals surface area contributed by atoms with Crippen molar-refractivity contribution in [2.24, 2.45) is 0 Å². The van der Waals surface area contributed by atoms with Crippen LogP contribution >= 0.6 is 23.2 Å². The fourth-order valence-electron chi connectivity index (χ4n) is 3.06. The number of aromatic nitrogens is 4. The number of nitrogens with zero attached hydrogens (tertiary/aromatic N) is 4. The molecule has 1 aliphatic rings. The fraction of sp³-hybridized carbons (Fsp3) is 0.368. The monoisotopic (exact) mass is 437 g/mol. The van der Waals surface area contributed by atoms with Crippen LogP contribution in [0.25, 0.3) is 22.2 Å². The van der Waals surface area contributed by atoms with Crippen molar-refractivity contribution in [3.8, 4) is 11.3 Å². The Labute approximate surface area is 177 Å². The number of aromatic amines is 1. The van der Waals surface area contributed by atoms with E-state index in [4.69, 9.17) is 33.3 Å². The number of carboxylic acid groups (broad SMARTS) is 1. The molecule has 4 rings (SSSR count). The van der Waals surface area contributed by atoms with Gasteiger partial charge in [-0.15, -0.1) is 0 Å². The summed E-state index contributed by atoms with van der Waals surface area (Å²) in [6.45, 7) is 2.32. The molecule has 0 bridgehead atoms. The van der Waals surface area contributed by atoms with E-state index < -0.39 is 5.97 Å². The molecule has 1 fully saturated rings. The van der Waals surface area contributed by atoms with Gasteiger partial charge in [0.15, 0.2) is 0 Å². The maximum atomic E-state index is 9.68. The Morgan fingerprint density at radius 3 is 2.66 bits per heavy atom. The highest BCUT2D eigenvalue weighted by atomic mass is 35.5. The van der Waals surface area contributed by atoms with E-state index in [1.807, 2.05) is 6.07 Å². The number of carboxylic acids is 1. The summed E-state index contributed by atoms with van der Waals surface area (Å²) < 4.78 is 4.47. The number of fused-ring (bicyclic) bond motifs is 1. The van der Waals surface area contributed by atoms with Crippen molar-refractivity contribution in [2.45, 2.75) is 19.3 Å². The number of H-pyrrole nitrogens is 1. The highest BCUT2D eigenvalue weighted by molar-refractivity contribution is 6.45. The van der Waals surface area contributed by atoms with E-state index in [9.17, 15) is 4.79 Å². The normalized spacial score (nSPS) is 13.4. The van der Waals surface area contributed by atoms with Crippen LogP contribution in [0, 0.1) is 0 Å². The maximum Gasteiger partial charge on any atom is 0.305 e. The molecule has 0 atom stereocenters. The molecular weight excluding hydrogens is 417 g/mol. The first-order valence-electron chi connectivity index (χ1n) is 9.12. The second-order valence-electron chi connectivity index (χ2n) is 6.47. The summed E-state index contributed by atoms with van der Waals surface area (Å²) in [6.07, 6.45) is 4.16. The SMILES string of the molecule is COCCC(=O)O.Clc1ccc2c(-c3cn[nH]n3)cc(N3CCCC3)nc2c1Cl. The molecule has 3 aromatic rings. The van der Waals surface area contributed by atoms with Crippen molar-refractivity contribution >= 4 is 45.9 Å². The highest BCUT2D eigenvalue weighted by Crippen LogP contribution is 2.37. The zero-order valence-corrected chi connectivity index (χ0v) is 17.4. The van der Waals surface area contributed by atoms with Crippen LogP contribution in [0.1, 0.15) is 19.3 Å². The molecule has 29 heavy (non-hydrogen) atoms. The first kappa shape index (κ1) is 21.3. The van der Waals surface area contributed by atoms with Gasteiger partial charge in [-0.3, -0.25) is 4.79 Å². The van der Waals surface area contributed by atoms with Gasteiger partial charge in [0.05, 0.1) is 34.8 Å². The Morgan fingerprint density at radius 2 is 2.07 bits per heavy atom. The Kier molecular flexibility index (Phi) is 7.24. The van der Waals surface area contributed by atoms with Crippen molar-refractivity contribution < 1.29 is 14.6 Å². The Bertz CT molecular complexity index is 976. The zero-order valence-electron chi connectivity index (χ0n) is 15.9. The quantitative estimate of drug-likeness (QED) is 0.620. The number of pyridine rings is 1. The van der Waals surface area contributed by atoms with Gasteiger partial charge >= 0.3 is 5.97 Å². The molecule has 0 unspecified atom stereocenters. The minimum absolute atomic E-state index is 0.0938. The lowest BCUT2D eigenvalue weighted by Crippen LogP contribution is -2.19. The molecule has 1 saturated heterocycles. The van der Waals surface area contributed by atoms with E-state index in [0.717, 1.165) is 35.6 Å². The first-order chi connectivity index (χ1) is 14.0. The van der Waals surface area contributed by atoms with Gasteiger partial charge in [0.2, 0.25) is 0 Å². The van der Waals surface area contributed by atoms with Crippen LogP contribution in [0.15, 0.2) is 24.4 Å². The molecule has 0 aliphatic carbocycles. The molecule has 8 nitrogen and oxygen atoms in total. The van der Waals surface area contributed by atoms with Gasteiger partial charge in [0.1, 0.15) is 11.5 Å². The Morgan fingerprint density at radius 1 is 1.31 bits per heavy atom. The molecule has 1 aliphatic heterocycles. The molecule has 0 radical (unpaired) electrons. The molecule has 2 aromatic heterocycles. The molecule has 1 aromatic carbocycles. The summed E-state index contributed by atoms with van der Waals surface area (Å²) in [5.41, 5.74) is 2.43. The number of carbonyl (C=O) groups is 1. The second-order valence-corrected chi connectivity index (χ2v) is 7.26. The number of ether oxygens (including phenoxy) is 1. The van der Waals surface area contributed by atoms with Crippen molar-refractivity contribution in [1.82, 2.24) is 20.4 Å². The van der Waals surface area contributed by atoms with E-state index in [1.54, 1.807) is 12.3 Å².